The van der Waals surface area contributed by atoms with Crippen molar-refractivity contribution in [1.82, 2.24) is 0 Å². The van der Waals surface area contributed by atoms with Gasteiger partial charge in [-0.3, -0.25) is 8.98 Å². The fourth-order valence-electron chi connectivity index (χ4n) is 3.03. The van der Waals surface area contributed by atoms with Gasteiger partial charge in [-0.2, -0.15) is 8.42 Å². The lowest BCUT2D eigenvalue weighted by Crippen LogP contribution is -2.23. The molecule has 0 aliphatic rings. The molecule has 1 unspecified atom stereocenters. The number of carbonyl (C=O) groups is 1. The third kappa shape index (κ3) is 8.43. The van der Waals surface area contributed by atoms with E-state index in [1.807, 2.05) is 20.8 Å². The van der Waals surface area contributed by atoms with Crippen LogP contribution < -0.4 is 0 Å². The summed E-state index contributed by atoms with van der Waals surface area (Å²) in [7, 11) is -3.70. The van der Waals surface area contributed by atoms with Crippen LogP contribution in [0.1, 0.15) is 64.9 Å². The van der Waals surface area contributed by atoms with Crippen LogP contribution in [0.3, 0.4) is 0 Å². The molecule has 0 aliphatic heterocycles. The van der Waals surface area contributed by atoms with E-state index in [0.29, 0.717) is 13.0 Å². The van der Waals surface area contributed by atoms with Gasteiger partial charge in [0.2, 0.25) is 0 Å². The zero-order valence-electron chi connectivity index (χ0n) is 17.1. The van der Waals surface area contributed by atoms with Crippen LogP contribution in [0.5, 0.6) is 0 Å². The van der Waals surface area contributed by atoms with E-state index >= 15 is 0 Å². The largest absolute Gasteiger partial charge is 0.466 e. The minimum atomic E-state index is -3.70. The van der Waals surface area contributed by atoms with Crippen LogP contribution in [-0.4, -0.2) is 27.6 Å². The quantitative estimate of drug-likeness (QED) is 0.269. The predicted octanol–water partition coefficient (Wildman–Crippen LogP) is 4.88. The number of hydrogen-bond acceptors (Lipinski definition) is 5. The normalized spacial score (nSPS) is 13.9. The van der Waals surface area contributed by atoms with Crippen molar-refractivity contribution in [2.24, 2.45) is 11.8 Å². The number of esters is 1. The van der Waals surface area contributed by atoms with Crippen molar-refractivity contribution >= 4 is 16.1 Å². The molecule has 2 atom stereocenters. The van der Waals surface area contributed by atoms with Crippen molar-refractivity contribution in [2.75, 3.05) is 13.2 Å². The van der Waals surface area contributed by atoms with Crippen LogP contribution in [-0.2, 0) is 23.8 Å². The first-order chi connectivity index (χ1) is 12.8. The van der Waals surface area contributed by atoms with Crippen LogP contribution in [0.25, 0.3) is 0 Å². The molecule has 1 rings (SSSR count). The highest BCUT2D eigenvalue weighted by molar-refractivity contribution is 7.86. The van der Waals surface area contributed by atoms with Crippen LogP contribution in [0.2, 0.25) is 0 Å². The van der Waals surface area contributed by atoms with Gasteiger partial charge in [-0.25, -0.2) is 0 Å². The second kappa shape index (κ2) is 12.1. The highest BCUT2D eigenvalue weighted by atomic mass is 32.2. The third-order valence-corrected chi connectivity index (χ3v) is 6.14. The zero-order chi connectivity index (χ0) is 20.3. The molecule has 6 heteroatoms. The van der Waals surface area contributed by atoms with E-state index in [9.17, 15) is 13.2 Å². The predicted molar refractivity (Wildman–Crippen MR) is 107 cm³/mol. The molecular formula is C21H34O5S. The second-order valence-corrected chi connectivity index (χ2v) is 8.64. The van der Waals surface area contributed by atoms with Gasteiger partial charge in [-0.1, -0.05) is 50.8 Å². The third-order valence-electron chi connectivity index (χ3n) is 4.81. The first kappa shape index (κ1) is 23.6. The maximum atomic E-state index is 12.2. The van der Waals surface area contributed by atoms with Crippen LogP contribution in [0.4, 0.5) is 0 Å². The highest BCUT2D eigenvalue weighted by Crippen LogP contribution is 2.26. The number of aryl methyl sites for hydroxylation is 1. The summed E-state index contributed by atoms with van der Waals surface area (Å²) in [6, 6.07) is 6.63. The molecule has 0 aromatic heterocycles. The Bertz CT molecular complexity index is 652. The van der Waals surface area contributed by atoms with Gasteiger partial charge >= 0.3 is 5.97 Å². The molecular weight excluding hydrogens is 364 g/mol. The monoisotopic (exact) mass is 398 g/mol. The molecule has 0 radical (unpaired) electrons. The number of benzene rings is 1. The molecule has 0 fully saturated rings. The second-order valence-electron chi connectivity index (χ2n) is 7.03. The molecule has 0 amide bonds. The molecule has 27 heavy (non-hydrogen) atoms. The van der Waals surface area contributed by atoms with Gasteiger partial charge in [0, 0.05) is 0 Å². The van der Waals surface area contributed by atoms with Crippen molar-refractivity contribution in [3.63, 3.8) is 0 Å². The Morgan fingerprint density at radius 3 is 2.26 bits per heavy atom. The van der Waals surface area contributed by atoms with Gasteiger partial charge in [-0.15, -0.1) is 0 Å². The topological polar surface area (TPSA) is 69.7 Å². The molecule has 0 aliphatic carbocycles. The van der Waals surface area contributed by atoms with E-state index in [-0.39, 0.29) is 29.3 Å². The number of hydrogen-bond donors (Lipinski definition) is 0. The Morgan fingerprint density at radius 2 is 1.67 bits per heavy atom. The summed E-state index contributed by atoms with van der Waals surface area (Å²) in [6.07, 6.45) is 5.48. The van der Waals surface area contributed by atoms with Gasteiger partial charge < -0.3 is 4.74 Å². The fraction of sp³-hybridized carbons (Fsp3) is 0.667. The summed E-state index contributed by atoms with van der Waals surface area (Å²) in [4.78, 5) is 12.2. The van der Waals surface area contributed by atoms with Gasteiger partial charge in [-0.05, 0) is 51.2 Å². The van der Waals surface area contributed by atoms with Gasteiger partial charge in [0.1, 0.15) is 0 Å². The summed E-state index contributed by atoms with van der Waals surface area (Å²) in [5.41, 5.74) is 1.00. The van der Waals surface area contributed by atoms with Crippen molar-refractivity contribution in [2.45, 2.75) is 71.1 Å². The van der Waals surface area contributed by atoms with Crippen LogP contribution in [0.15, 0.2) is 29.2 Å². The first-order valence-electron chi connectivity index (χ1n) is 9.94. The van der Waals surface area contributed by atoms with Gasteiger partial charge in [0.25, 0.3) is 10.1 Å². The average molecular weight is 399 g/mol. The van der Waals surface area contributed by atoms with Gasteiger partial charge in [0.05, 0.1) is 24.0 Å². The molecule has 154 valence electrons. The lowest BCUT2D eigenvalue weighted by atomic mass is 9.85. The molecule has 5 nitrogen and oxygen atoms in total. The highest BCUT2D eigenvalue weighted by Gasteiger charge is 2.24. The molecule has 0 N–H and O–H groups in total. The molecule has 0 saturated carbocycles. The summed E-state index contributed by atoms with van der Waals surface area (Å²) in [6.45, 7) is 8.34. The smallest absolute Gasteiger partial charge is 0.308 e. The van der Waals surface area contributed by atoms with E-state index in [1.165, 1.54) is 0 Å². The van der Waals surface area contributed by atoms with E-state index in [2.05, 4.69) is 6.92 Å². The SMILES string of the molecule is CCCC[C@@H](CCCCOS(=O)(=O)c1ccc(C)cc1)C(C)C(=O)OCC. The fourth-order valence-corrected chi connectivity index (χ4v) is 3.97. The first-order valence-corrected chi connectivity index (χ1v) is 11.3. The van der Waals surface area contributed by atoms with E-state index in [4.69, 9.17) is 8.92 Å². The van der Waals surface area contributed by atoms with Crippen molar-refractivity contribution < 1.29 is 22.1 Å². The van der Waals surface area contributed by atoms with E-state index in [0.717, 1.165) is 37.7 Å². The minimum absolute atomic E-state index is 0.131. The molecule has 1 aromatic rings. The number of rotatable bonds is 13. The summed E-state index contributed by atoms with van der Waals surface area (Å²) >= 11 is 0. The minimum Gasteiger partial charge on any atom is -0.466 e. The summed E-state index contributed by atoms with van der Waals surface area (Å²) in [5, 5.41) is 0. The van der Waals surface area contributed by atoms with Crippen molar-refractivity contribution in [1.29, 1.82) is 0 Å². The van der Waals surface area contributed by atoms with Crippen molar-refractivity contribution in [3.8, 4) is 0 Å². The molecule has 1 aromatic carbocycles. The van der Waals surface area contributed by atoms with E-state index < -0.39 is 10.1 Å². The average Bonchev–Trinajstić information content (AvgIpc) is 2.64. The Hall–Kier alpha value is -1.40. The summed E-state index contributed by atoms with van der Waals surface area (Å²) in [5.74, 6) is -0.0109. The molecule has 0 bridgehead atoms. The Labute approximate surface area is 164 Å². The molecule has 0 spiro atoms. The molecule has 0 heterocycles. The zero-order valence-corrected chi connectivity index (χ0v) is 17.9. The Kier molecular flexibility index (Phi) is 10.6. The maximum absolute atomic E-state index is 12.2. The number of ether oxygens (including phenoxy) is 1. The number of unbranched alkanes of at least 4 members (excludes halogenated alkanes) is 2. The van der Waals surface area contributed by atoms with Gasteiger partial charge in [0.15, 0.2) is 0 Å². The Morgan fingerprint density at radius 1 is 1.04 bits per heavy atom. The maximum Gasteiger partial charge on any atom is 0.308 e. The summed E-state index contributed by atoms with van der Waals surface area (Å²) < 4.78 is 34.6. The molecule has 0 saturated heterocycles. The Balaban J connectivity index is 2.46. The van der Waals surface area contributed by atoms with Crippen molar-refractivity contribution in [3.05, 3.63) is 29.8 Å². The standard InChI is InChI=1S/C21H34O5S/c1-5-7-10-19(18(4)21(22)25-6-2)11-8-9-16-26-27(23,24)20-14-12-17(3)13-15-20/h12-15,18-19H,5-11,16H2,1-4H3/t18?,19-/m0/s1. The lowest BCUT2D eigenvalue weighted by molar-refractivity contribution is -0.149. The van der Waals surface area contributed by atoms with E-state index in [1.54, 1.807) is 24.3 Å². The van der Waals surface area contributed by atoms with Crippen LogP contribution >= 0.6 is 0 Å². The van der Waals surface area contributed by atoms with Crippen LogP contribution in [0, 0.1) is 18.8 Å². The number of carbonyl (C=O) groups excluding carboxylic acids is 1. The lowest BCUT2D eigenvalue weighted by Gasteiger charge is -2.22.